The summed E-state index contributed by atoms with van der Waals surface area (Å²) in [4.78, 5) is 2.30. The molecule has 19 heavy (non-hydrogen) atoms. The largest absolute Gasteiger partial charge is 0.497 e. The van der Waals surface area contributed by atoms with Crippen LogP contribution in [0.2, 0.25) is 0 Å². The van der Waals surface area contributed by atoms with Crippen molar-refractivity contribution >= 4 is 17.1 Å². The van der Waals surface area contributed by atoms with Crippen molar-refractivity contribution < 1.29 is 4.74 Å². The average molecular weight is 253 g/mol. The lowest BCUT2D eigenvalue weighted by atomic mass is 10.3. The highest BCUT2D eigenvalue weighted by Gasteiger charge is 2.16. The van der Waals surface area contributed by atoms with Gasteiger partial charge in [0.1, 0.15) is 5.75 Å². The summed E-state index contributed by atoms with van der Waals surface area (Å²) in [5.41, 5.74) is 2.93. The Labute approximate surface area is 112 Å². The summed E-state index contributed by atoms with van der Waals surface area (Å²) in [5, 5.41) is 8.42. The molecule has 0 aromatic heterocycles. The predicted molar refractivity (Wildman–Crippen MR) is 75.8 cm³/mol. The van der Waals surface area contributed by atoms with E-state index in [-0.39, 0.29) is 0 Å². The standard InChI is InChI=1S/C15H15N3O/c1-19-15-8-4-13(5-9-15)17-16-12-2-6-14(7-3-12)18-10-11-18/h2-9H,10-11H2,1H3. The molecule has 0 atom stereocenters. The van der Waals surface area contributed by atoms with Gasteiger partial charge in [-0.1, -0.05) is 0 Å². The first kappa shape index (κ1) is 11.7. The molecular formula is C15H15N3O. The van der Waals surface area contributed by atoms with Crippen molar-refractivity contribution in [3.05, 3.63) is 48.5 Å². The van der Waals surface area contributed by atoms with Gasteiger partial charge in [0.25, 0.3) is 0 Å². The minimum atomic E-state index is 0.816. The molecule has 0 radical (unpaired) electrons. The molecule has 0 bridgehead atoms. The van der Waals surface area contributed by atoms with E-state index in [1.165, 1.54) is 5.69 Å². The number of anilines is 1. The Bertz CT molecular complexity index is 571. The van der Waals surface area contributed by atoms with E-state index in [0.29, 0.717) is 0 Å². The van der Waals surface area contributed by atoms with Gasteiger partial charge in [-0.05, 0) is 48.5 Å². The molecule has 1 aliphatic heterocycles. The summed E-state index contributed by atoms with van der Waals surface area (Å²) < 4.78 is 5.10. The molecule has 0 amide bonds. The molecule has 1 heterocycles. The average Bonchev–Trinajstić information content (AvgIpc) is 3.31. The second kappa shape index (κ2) is 5.10. The molecule has 1 saturated heterocycles. The summed E-state index contributed by atoms with van der Waals surface area (Å²) in [7, 11) is 1.65. The third kappa shape index (κ3) is 2.91. The zero-order valence-corrected chi connectivity index (χ0v) is 10.8. The zero-order chi connectivity index (χ0) is 13.1. The molecular weight excluding hydrogens is 238 g/mol. The molecule has 3 rings (SSSR count). The minimum absolute atomic E-state index is 0.816. The van der Waals surface area contributed by atoms with E-state index in [9.17, 15) is 0 Å². The first-order chi connectivity index (χ1) is 9.35. The molecule has 2 aromatic carbocycles. The fourth-order valence-corrected chi connectivity index (χ4v) is 1.80. The number of ether oxygens (including phenoxy) is 1. The zero-order valence-electron chi connectivity index (χ0n) is 10.8. The molecule has 0 N–H and O–H groups in total. The smallest absolute Gasteiger partial charge is 0.119 e. The van der Waals surface area contributed by atoms with Gasteiger partial charge in [0, 0.05) is 18.8 Å². The van der Waals surface area contributed by atoms with Crippen LogP contribution in [0.5, 0.6) is 5.75 Å². The highest BCUT2D eigenvalue weighted by Crippen LogP contribution is 2.25. The van der Waals surface area contributed by atoms with Crippen molar-refractivity contribution in [3.63, 3.8) is 0 Å². The normalized spacial score (nSPS) is 13.8. The van der Waals surface area contributed by atoms with Gasteiger partial charge in [-0.25, -0.2) is 0 Å². The van der Waals surface area contributed by atoms with E-state index in [2.05, 4.69) is 27.3 Å². The Morgan fingerprint density at radius 3 is 1.84 bits per heavy atom. The Morgan fingerprint density at radius 2 is 1.37 bits per heavy atom. The lowest BCUT2D eigenvalue weighted by molar-refractivity contribution is 0.415. The lowest BCUT2D eigenvalue weighted by Gasteiger charge is -2.01. The fraction of sp³-hybridized carbons (Fsp3) is 0.200. The lowest BCUT2D eigenvalue weighted by Crippen LogP contribution is -1.88. The molecule has 0 unspecified atom stereocenters. The van der Waals surface area contributed by atoms with E-state index in [0.717, 1.165) is 30.2 Å². The van der Waals surface area contributed by atoms with Crippen LogP contribution in [0.15, 0.2) is 58.8 Å². The van der Waals surface area contributed by atoms with Gasteiger partial charge in [0.15, 0.2) is 0 Å². The van der Waals surface area contributed by atoms with Gasteiger partial charge in [-0.3, -0.25) is 0 Å². The van der Waals surface area contributed by atoms with E-state index < -0.39 is 0 Å². The monoisotopic (exact) mass is 253 g/mol. The molecule has 1 aliphatic rings. The van der Waals surface area contributed by atoms with Crippen LogP contribution in [0.1, 0.15) is 0 Å². The van der Waals surface area contributed by atoms with E-state index in [1.807, 2.05) is 36.4 Å². The third-order valence-electron chi connectivity index (χ3n) is 3.02. The number of hydrogen-bond donors (Lipinski definition) is 0. The molecule has 4 heteroatoms. The molecule has 0 spiro atoms. The van der Waals surface area contributed by atoms with Crippen LogP contribution in [0.3, 0.4) is 0 Å². The van der Waals surface area contributed by atoms with E-state index in [4.69, 9.17) is 4.74 Å². The Kier molecular flexibility index (Phi) is 3.14. The molecule has 2 aromatic rings. The number of rotatable bonds is 4. The molecule has 96 valence electrons. The second-order valence-electron chi connectivity index (χ2n) is 4.40. The van der Waals surface area contributed by atoms with Gasteiger partial charge < -0.3 is 9.64 Å². The van der Waals surface area contributed by atoms with Crippen LogP contribution in [-0.4, -0.2) is 20.2 Å². The molecule has 1 fully saturated rings. The van der Waals surface area contributed by atoms with Crippen molar-refractivity contribution in [1.82, 2.24) is 0 Å². The number of hydrogen-bond acceptors (Lipinski definition) is 4. The SMILES string of the molecule is COc1ccc(N=Nc2ccc(N3CC3)cc2)cc1. The van der Waals surface area contributed by atoms with Crippen LogP contribution in [0.4, 0.5) is 17.1 Å². The van der Waals surface area contributed by atoms with Crippen molar-refractivity contribution in [1.29, 1.82) is 0 Å². The fourth-order valence-electron chi connectivity index (χ4n) is 1.80. The van der Waals surface area contributed by atoms with E-state index >= 15 is 0 Å². The predicted octanol–water partition coefficient (Wildman–Crippen LogP) is 3.93. The minimum Gasteiger partial charge on any atom is -0.497 e. The maximum Gasteiger partial charge on any atom is 0.119 e. The molecule has 0 aliphatic carbocycles. The van der Waals surface area contributed by atoms with E-state index in [1.54, 1.807) is 7.11 Å². The van der Waals surface area contributed by atoms with Crippen molar-refractivity contribution in [3.8, 4) is 5.75 Å². The maximum atomic E-state index is 5.10. The van der Waals surface area contributed by atoms with Crippen molar-refractivity contribution in [2.45, 2.75) is 0 Å². The van der Waals surface area contributed by atoms with Crippen molar-refractivity contribution in [2.75, 3.05) is 25.1 Å². The maximum absolute atomic E-state index is 5.10. The summed E-state index contributed by atoms with van der Waals surface area (Å²) >= 11 is 0. The van der Waals surface area contributed by atoms with Crippen molar-refractivity contribution in [2.24, 2.45) is 10.2 Å². The van der Waals surface area contributed by atoms with Crippen LogP contribution in [0, 0.1) is 0 Å². The van der Waals surface area contributed by atoms with Crippen LogP contribution in [0.25, 0.3) is 0 Å². The first-order valence-electron chi connectivity index (χ1n) is 6.26. The number of nitrogens with zero attached hydrogens (tertiary/aromatic N) is 3. The van der Waals surface area contributed by atoms with Crippen LogP contribution < -0.4 is 9.64 Å². The first-order valence-corrected chi connectivity index (χ1v) is 6.26. The summed E-state index contributed by atoms with van der Waals surface area (Å²) in [5.74, 6) is 0.821. The summed E-state index contributed by atoms with van der Waals surface area (Å²) in [6.45, 7) is 2.32. The molecule has 0 saturated carbocycles. The topological polar surface area (TPSA) is 37.0 Å². The van der Waals surface area contributed by atoms with Crippen LogP contribution >= 0.6 is 0 Å². The van der Waals surface area contributed by atoms with Crippen LogP contribution in [-0.2, 0) is 0 Å². The Morgan fingerprint density at radius 1 is 0.842 bits per heavy atom. The van der Waals surface area contributed by atoms with Gasteiger partial charge in [0.2, 0.25) is 0 Å². The molecule has 4 nitrogen and oxygen atoms in total. The van der Waals surface area contributed by atoms with Gasteiger partial charge in [-0.2, -0.15) is 10.2 Å². The summed E-state index contributed by atoms with van der Waals surface area (Å²) in [6, 6.07) is 15.6. The van der Waals surface area contributed by atoms with Gasteiger partial charge in [-0.15, -0.1) is 0 Å². The summed E-state index contributed by atoms with van der Waals surface area (Å²) in [6.07, 6.45) is 0. The number of azo groups is 1. The van der Waals surface area contributed by atoms with Gasteiger partial charge >= 0.3 is 0 Å². The highest BCUT2D eigenvalue weighted by molar-refractivity contribution is 5.56. The Balaban J connectivity index is 1.70. The highest BCUT2D eigenvalue weighted by atomic mass is 16.5. The Hall–Kier alpha value is -2.36. The third-order valence-corrected chi connectivity index (χ3v) is 3.02. The quantitative estimate of drug-likeness (QED) is 0.611. The number of benzene rings is 2. The van der Waals surface area contributed by atoms with Gasteiger partial charge in [0.05, 0.1) is 18.5 Å². The number of methoxy groups -OCH3 is 1. The second-order valence-corrected chi connectivity index (χ2v) is 4.40.